The number of ether oxygens (including phenoxy) is 1. The van der Waals surface area contributed by atoms with Crippen molar-refractivity contribution in [3.8, 4) is 22.7 Å². The summed E-state index contributed by atoms with van der Waals surface area (Å²) in [5.41, 5.74) is 3.34. The predicted octanol–water partition coefficient (Wildman–Crippen LogP) is 5.69. The summed E-state index contributed by atoms with van der Waals surface area (Å²) < 4.78 is 20.9. The number of aromatic nitrogens is 2. The van der Waals surface area contributed by atoms with E-state index in [0.717, 1.165) is 17.0 Å². The van der Waals surface area contributed by atoms with E-state index in [9.17, 15) is 9.18 Å². The third kappa shape index (κ3) is 4.79. The van der Waals surface area contributed by atoms with Crippen LogP contribution in [0.5, 0.6) is 5.75 Å². The van der Waals surface area contributed by atoms with Gasteiger partial charge in [-0.3, -0.25) is 4.79 Å². The Morgan fingerprint density at radius 2 is 1.67 bits per heavy atom. The van der Waals surface area contributed by atoms with E-state index in [2.05, 4.69) is 10.00 Å². The molecule has 1 aromatic heterocycles. The molecule has 0 unspecified atom stereocenters. The summed E-state index contributed by atoms with van der Waals surface area (Å²) in [5, 5.41) is 5.23. The number of carbonyl (C=O) groups is 1. The molecule has 4 aromatic rings. The molecule has 1 saturated heterocycles. The van der Waals surface area contributed by atoms with Crippen molar-refractivity contribution in [3.63, 3.8) is 0 Å². The van der Waals surface area contributed by atoms with E-state index in [-0.39, 0.29) is 11.7 Å². The van der Waals surface area contributed by atoms with E-state index in [0.29, 0.717) is 54.9 Å². The smallest absolute Gasteiger partial charge is 0.272 e. The first kappa shape index (κ1) is 23.9. The number of para-hydroxylation sites is 2. The maximum atomic E-state index is 13.7. The number of hydrogen-bond acceptors (Lipinski definition) is 4. The summed E-state index contributed by atoms with van der Waals surface area (Å²) in [5.74, 6) is 0.356. The Hall–Kier alpha value is -3.84. The number of rotatable bonds is 6. The molecule has 0 bridgehead atoms. The normalized spacial score (nSPS) is 13.6. The van der Waals surface area contributed by atoms with E-state index < -0.39 is 0 Å². The monoisotopic (exact) mass is 504 g/mol. The molecule has 184 valence electrons. The molecule has 36 heavy (non-hydrogen) atoms. The summed E-state index contributed by atoms with van der Waals surface area (Å²) in [6.45, 7) is 5.02. The molecule has 3 aromatic carbocycles. The number of benzene rings is 3. The summed E-state index contributed by atoms with van der Waals surface area (Å²) in [4.78, 5) is 17.8. The van der Waals surface area contributed by atoms with Gasteiger partial charge in [0.05, 0.1) is 28.7 Å². The fourth-order valence-electron chi connectivity index (χ4n) is 4.42. The number of halogens is 2. The zero-order chi connectivity index (χ0) is 25.1. The summed E-state index contributed by atoms with van der Waals surface area (Å²) in [6.07, 6.45) is 0. The highest BCUT2D eigenvalue weighted by Crippen LogP contribution is 2.31. The van der Waals surface area contributed by atoms with Crippen LogP contribution in [0.2, 0.25) is 5.02 Å². The zero-order valence-corrected chi connectivity index (χ0v) is 20.7. The zero-order valence-electron chi connectivity index (χ0n) is 19.9. The molecule has 0 atom stereocenters. The number of anilines is 1. The van der Waals surface area contributed by atoms with Gasteiger partial charge in [-0.1, -0.05) is 41.9 Å². The highest BCUT2D eigenvalue weighted by molar-refractivity contribution is 6.33. The van der Waals surface area contributed by atoms with Gasteiger partial charge < -0.3 is 14.5 Å². The van der Waals surface area contributed by atoms with E-state index in [1.165, 1.54) is 12.1 Å². The third-order valence-corrected chi connectivity index (χ3v) is 6.55. The lowest BCUT2D eigenvalue weighted by Crippen LogP contribution is -2.49. The molecule has 1 amide bonds. The van der Waals surface area contributed by atoms with E-state index in [1.807, 2.05) is 54.3 Å². The van der Waals surface area contributed by atoms with Crippen LogP contribution in [0, 0.1) is 5.82 Å². The molecular weight excluding hydrogens is 479 g/mol. The summed E-state index contributed by atoms with van der Waals surface area (Å²) >= 11 is 6.41. The Kier molecular flexibility index (Phi) is 6.91. The molecule has 0 radical (unpaired) electrons. The van der Waals surface area contributed by atoms with Crippen LogP contribution in [0.1, 0.15) is 17.4 Å². The molecule has 0 spiro atoms. The Balaban J connectivity index is 1.42. The first-order valence-corrected chi connectivity index (χ1v) is 12.3. The highest BCUT2D eigenvalue weighted by Gasteiger charge is 2.27. The molecule has 1 fully saturated rings. The molecule has 2 heterocycles. The highest BCUT2D eigenvalue weighted by atomic mass is 35.5. The Morgan fingerprint density at radius 1 is 0.972 bits per heavy atom. The van der Waals surface area contributed by atoms with E-state index in [1.54, 1.807) is 28.9 Å². The minimum Gasteiger partial charge on any atom is -0.492 e. The second-order valence-electron chi connectivity index (χ2n) is 8.46. The summed E-state index contributed by atoms with van der Waals surface area (Å²) in [6, 6.07) is 23.0. The van der Waals surface area contributed by atoms with Crippen molar-refractivity contribution in [1.82, 2.24) is 14.7 Å². The fraction of sp³-hybridized carbons (Fsp3) is 0.214. The van der Waals surface area contributed by atoms with Crippen LogP contribution in [-0.2, 0) is 0 Å². The average Bonchev–Trinajstić information content (AvgIpc) is 3.35. The maximum Gasteiger partial charge on any atom is 0.272 e. The molecule has 8 heteroatoms. The first-order valence-electron chi connectivity index (χ1n) is 11.9. The lowest BCUT2D eigenvalue weighted by Gasteiger charge is -2.36. The Morgan fingerprint density at radius 3 is 2.39 bits per heavy atom. The van der Waals surface area contributed by atoms with Crippen LogP contribution in [0.15, 0.2) is 78.9 Å². The third-order valence-electron chi connectivity index (χ3n) is 6.22. The van der Waals surface area contributed by atoms with Crippen LogP contribution in [0.25, 0.3) is 16.9 Å². The fourth-order valence-corrected chi connectivity index (χ4v) is 4.65. The van der Waals surface area contributed by atoms with Crippen LogP contribution in [0.4, 0.5) is 10.1 Å². The van der Waals surface area contributed by atoms with Crippen molar-refractivity contribution in [1.29, 1.82) is 0 Å². The molecular formula is C28H26ClFN4O2. The average molecular weight is 505 g/mol. The van der Waals surface area contributed by atoms with Crippen molar-refractivity contribution >= 4 is 23.2 Å². The van der Waals surface area contributed by atoms with Crippen molar-refractivity contribution in [2.45, 2.75) is 6.92 Å². The molecule has 0 N–H and O–H groups in total. The van der Waals surface area contributed by atoms with Gasteiger partial charge in [0, 0.05) is 31.7 Å². The maximum absolute atomic E-state index is 13.7. The molecule has 1 aliphatic rings. The summed E-state index contributed by atoms with van der Waals surface area (Å²) in [7, 11) is 0. The lowest BCUT2D eigenvalue weighted by atomic mass is 10.1. The quantitative estimate of drug-likeness (QED) is 0.338. The van der Waals surface area contributed by atoms with Gasteiger partial charge >= 0.3 is 0 Å². The van der Waals surface area contributed by atoms with Gasteiger partial charge in [0.25, 0.3) is 5.91 Å². The number of nitrogens with zero attached hydrogens (tertiary/aromatic N) is 4. The predicted molar refractivity (Wildman–Crippen MR) is 140 cm³/mol. The van der Waals surface area contributed by atoms with Crippen LogP contribution in [0.3, 0.4) is 0 Å². The second-order valence-corrected chi connectivity index (χ2v) is 8.87. The van der Waals surface area contributed by atoms with Crippen molar-refractivity contribution in [3.05, 3.63) is 95.4 Å². The molecule has 0 aliphatic carbocycles. The van der Waals surface area contributed by atoms with Crippen LogP contribution < -0.4 is 9.64 Å². The number of hydrogen-bond donors (Lipinski definition) is 0. The lowest BCUT2D eigenvalue weighted by molar-refractivity contribution is 0.0737. The van der Waals surface area contributed by atoms with Gasteiger partial charge in [-0.15, -0.1) is 0 Å². The van der Waals surface area contributed by atoms with Gasteiger partial charge in [0.1, 0.15) is 17.3 Å². The van der Waals surface area contributed by atoms with Crippen molar-refractivity contribution in [2.75, 3.05) is 37.7 Å². The van der Waals surface area contributed by atoms with Gasteiger partial charge in [-0.05, 0) is 55.5 Å². The first-order chi connectivity index (χ1) is 17.5. The topological polar surface area (TPSA) is 50.6 Å². The van der Waals surface area contributed by atoms with Gasteiger partial charge in [-0.2, -0.15) is 5.10 Å². The molecule has 6 nitrogen and oxygen atoms in total. The number of carbonyl (C=O) groups excluding carboxylic acids is 1. The van der Waals surface area contributed by atoms with Crippen molar-refractivity contribution in [2.24, 2.45) is 0 Å². The molecule has 1 aliphatic heterocycles. The van der Waals surface area contributed by atoms with Crippen molar-refractivity contribution < 1.29 is 13.9 Å². The second kappa shape index (κ2) is 10.4. The van der Waals surface area contributed by atoms with Crippen LogP contribution in [-0.4, -0.2) is 53.4 Å². The number of amides is 1. The van der Waals surface area contributed by atoms with Gasteiger partial charge in [-0.25, -0.2) is 9.07 Å². The SMILES string of the molecule is CCOc1ccccc1N1CCN(C(=O)c2cc(-c3ccccc3Cl)nn2-c2ccc(F)cc2)CC1. The Labute approximate surface area is 214 Å². The van der Waals surface area contributed by atoms with E-state index >= 15 is 0 Å². The van der Waals surface area contributed by atoms with Gasteiger partial charge in [0.2, 0.25) is 0 Å². The number of piperazine rings is 1. The molecule has 5 rings (SSSR count). The minimum atomic E-state index is -0.353. The Bertz CT molecular complexity index is 1360. The van der Waals surface area contributed by atoms with Gasteiger partial charge in [0.15, 0.2) is 0 Å². The van der Waals surface area contributed by atoms with E-state index in [4.69, 9.17) is 16.3 Å². The van der Waals surface area contributed by atoms with Crippen LogP contribution >= 0.6 is 11.6 Å². The largest absolute Gasteiger partial charge is 0.492 e. The minimum absolute atomic E-state index is 0.136. The standard InChI is InChI=1S/C28H26ClFN4O2/c1-2-36-27-10-6-5-9-25(27)32-15-17-33(18-16-32)28(35)26-19-24(22-7-3-4-8-23(22)29)31-34(26)21-13-11-20(30)12-14-21/h3-14,19H,2,15-18H2,1H3. The molecule has 0 saturated carbocycles.